The molecule has 2 N–H and O–H groups in total. The van der Waals surface area contributed by atoms with Crippen LogP contribution in [0.25, 0.3) is 0 Å². The van der Waals surface area contributed by atoms with E-state index in [4.69, 9.17) is 15.2 Å². The summed E-state index contributed by atoms with van der Waals surface area (Å²) in [6, 6.07) is 7.43. The summed E-state index contributed by atoms with van der Waals surface area (Å²) in [7, 11) is 0. The fourth-order valence-electron chi connectivity index (χ4n) is 2.54. The van der Waals surface area contributed by atoms with Crippen molar-refractivity contribution in [2.45, 2.75) is 12.7 Å². The first-order chi connectivity index (χ1) is 9.65. The summed E-state index contributed by atoms with van der Waals surface area (Å²) in [5.74, 6) is -0.927. The summed E-state index contributed by atoms with van der Waals surface area (Å²) in [5.41, 5.74) is 6.89. The van der Waals surface area contributed by atoms with Crippen LogP contribution in [0.1, 0.15) is 18.3 Å². The van der Waals surface area contributed by atoms with E-state index in [0.29, 0.717) is 19.8 Å². The Hall–Kier alpha value is -1.92. The van der Waals surface area contributed by atoms with Gasteiger partial charge in [0, 0.05) is 24.2 Å². The molecule has 0 spiro atoms. The number of rotatable bonds is 3. The number of nitrogens with two attached hydrogens (primary N) is 1. The highest BCUT2D eigenvalue weighted by Gasteiger charge is 2.34. The average molecular weight is 276 g/mol. The number of anilines is 1. The van der Waals surface area contributed by atoms with Crippen LogP contribution < -0.4 is 10.6 Å². The predicted molar refractivity (Wildman–Crippen MR) is 70.7 cm³/mol. The number of primary amides is 1. The average Bonchev–Trinajstić information content (AvgIpc) is 3.08. The summed E-state index contributed by atoms with van der Waals surface area (Å²) in [6.45, 7) is 1.48. The Morgan fingerprint density at radius 1 is 1.30 bits per heavy atom. The van der Waals surface area contributed by atoms with Gasteiger partial charge in [-0.1, -0.05) is 12.1 Å². The molecule has 0 aromatic heterocycles. The molecule has 3 rings (SSSR count). The third-order valence-corrected chi connectivity index (χ3v) is 3.60. The van der Waals surface area contributed by atoms with E-state index in [0.717, 1.165) is 11.3 Å². The van der Waals surface area contributed by atoms with Gasteiger partial charge in [-0.05, 0) is 12.1 Å². The molecule has 2 heterocycles. The monoisotopic (exact) mass is 276 g/mol. The van der Waals surface area contributed by atoms with Gasteiger partial charge in [0.2, 0.25) is 11.8 Å². The molecule has 2 fully saturated rings. The zero-order chi connectivity index (χ0) is 14.1. The van der Waals surface area contributed by atoms with E-state index in [1.54, 1.807) is 4.90 Å². The van der Waals surface area contributed by atoms with Crippen molar-refractivity contribution in [1.29, 1.82) is 0 Å². The minimum atomic E-state index is -0.431. The van der Waals surface area contributed by atoms with Crippen LogP contribution in [0.3, 0.4) is 0 Å². The van der Waals surface area contributed by atoms with Crippen molar-refractivity contribution in [2.75, 3.05) is 24.7 Å². The minimum Gasteiger partial charge on any atom is -0.369 e. The molecule has 6 nitrogen and oxygen atoms in total. The molecule has 2 saturated heterocycles. The lowest BCUT2D eigenvalue weighted by Crippen LogP contribution is -2.28. The second-order valence-corrected chi connectivity index (χ2v) is 4.98. The number of hydrogen-bond acceptors (Lipinski definition) is 4. The molecule has 2 aliphatic rings. The Morgan fingerprint density at radius 3 is 2.70 bits per heavy atom. The second-order valence-electron chi connectivity index (χ2n) is 4.98. The Morgan fingerprint density at radius 2 is 2.05 bits per heavy atom. The quantitative estimate of drug-likeness (QED) is 0.875. The van der Waals surface area contributed by atoms with Crippen LogP contribution in [0.5, 0.6) is 0 Å². The molecule has 2 amide bonds. The van der Waals surface area contributed by atoms with Crippen molar-refractivity contribution in [2.24, 2.45) is 11.7 Å². The molecule has 0 radical (unpaired) electrons. The van der Waals surface area contributed by atoms with Crippen molar-refractivity contribution < 1.29 is 19.1 Å². The van der Waals surface area contributed by atoms with Crippen LogP contribution in [0.2, 0.25) is 0 Å². The smallest absolute Gasteiger partial charge is 0.227 e. The minimum absolute atomic E-state index is 0.0841. The summed E-state index contributed by atoms with van der Waals surface area (Å²) < 4.78 is 10.9. The third kappa shape index (κ3) is 2.39. The molecule has 1 aromatic carbocycles. The molecule has 1 aromatic rings. The summed E-state index contributed by atoms with van der Waals surface area (Å²) in [5, 5.41) is 0. The molecular formula is C14H16N2O4. The van der Waals surface area contributed by atoms with E-state index < -0.39 is 11.8 Å². The highest BCUT2D eigenvalue weighted by atomic mass is 16.7. The van der Waals surface area contributed by atoms with Crippen molar-refractivity contribution in [3.63, 3.8) is 0 Å². The Bertz CT molecular complexity index is 540. The maximum atomic E-state index is 12.0. The largest absolute Gasteiger partial charge is 0.369 e. The molecule has 0 saturated carbocycles. The van der Waals surface area contributed by atoms with Gasteiger partial charge in [0.05, 0.1) is 19.1 Å². The zero-order valence-electron chi connectivity index (χ0n) is 11.0. The van der Waals surface area contributed by atoms with Gasteiger partial charge in [0.25, 0.3) is 0 Å². The fourth-order valence-corrected chi connectivity index (χ4v) is 2.54. The maximum Gasteiger partial charge on any atom is 0.227 e. The van der Waals surface area contributed by atoms with Crippen LogP contribution in [-0.2, 0) is 19.1 Å². The molecule has 6 heteroatoms. The van der Waals surface area contributed by atoms with Gasteiger partial charge in [-0.25, -0.2) is 0 Å². The van der Waals surface area contributed by atoms with E-state index in [1.165, 1.54) is 0 Å². The number of hydrogen-bond donors (Lipinski definition) is 1. The zero-order valence-corrected chi connectivity index (χ0v) is 11.0. The maximum absolute atomic E-state index is 12.0. The Labute approximate surface area is 116 Å². The SMILES string of the molecule is NC(=O)C1CC(=O)N(c2cccc(C3OCCO3)c2)C1. The molecule has 1 atom stereocenters. The highest BCUT2D eigenvalue weighted by molar-refractivity contribution is 6.00. The van der Waals surface area contributed by atoms with Crippen molar-refractivity contribution in [1.82, 2.24) is 0 Å². The fraction of sp³-hybridized carbons (Fsp3) is 0.429. The first kappa shape index (κ1) is 13.1. The van der Waals surface area contributed by atoms with Crippen molar-refractivity contribution >= 4 is 17.5 Å². The van der Waals surface area contributed by atoms with Crippen LogP contribution in [0, 0.1) is 5.92 Å². The summed E-state index contributed by atoms with van der Waals surface area (Å²) in [4.78, 5) is 24.8. The second kappa shape index (κ2) is 5.22. The van der Waals surface area contributed by atoms with E-state index in [-0.39, 0.29) is 18.6 Å². The van der Waals surface area contributed by atoms with Gasteiger partial charge in [0.1, 0.15) is 0 Å². The normalized spacial score (nSPS) is 23.5. The molecular weight excluding hydrogens is 260 g/mol. The van der Waals surface area contributed by atoms with Crippen LogP contribution >= 0.6 is 0 Å². The van der Waals surface area contributed by atoms with E-state index in [2.05, 4.69) is 0 Å². The molecule has 2 aliphatic heterocycles. The van der Waals surface area contributed by atoms with Crippen LogP contribution in [0.4, 0.5) is 5.69 Å². The van der Waals surface area contributed by atoms with E-state index >= 15 is 0 Å². The van der Waals surface area contributed by atoms with E-state index in [1.807, 2.05) is 24.3 Å². The molecule has 0 bridgehead atoms. The summed E-state index contributed by atoms with van der Waals surface area (Å²) >= 11 is 0. The predicted octanol–water partition coefficient (Wildman–Crippen LogP) is 0.570. The molecule has 1 unspecified atom stereocenters. The number of carbonyl (C=O) groups excluding carboxylic acids is 2. The standard InChI is InChI=1S/C14H16N2O4/c15-13(18)10-7-12(17)16(8-10)11-3-1-2-9(6-11)14-19-4-5-20-14/h1-3,6,10,14H,4-5,7-8H2,(H2,15,18). The van der Waals surface area contributed by atoms with Crippen LogP contribution in [-0.4, -0.2) is 31.6 Å². The number of nitrogens with zero attached hydrogens (tertiary/aromatic N) is 1. The molecule has 106 valence electrons. The Balaban J connectivity index is 1.81. The first-order valence-corrected chi connectivity index (χ1v) is 6.58. The van der Waals surface area contributed by atoms with Crippen molar-refractivity contribution in [3.05, 3.63) is 29.8 Å². The lowest BCUT2D eigenvalue weighted by atomic mass is 10.1. The topological polar surface area (TPSA) is 81.9 Å². The van der Waals surface area contributed by atoms with Gasteiger partial charge in [-0.2, -0.15) is 0 Å². The molecule has 0 aliphatic carbocycles. The highest BCUT2D eigenvalue weighted by Crippen LogP contribution is 2.30. The first-order valence-electron chi connectivity index (χ1n) is 6.58. The van der Waals surface area contributed by atoms with Crippen molar-refractivity contribution in [3.8, 4) is 0 Å². The molecule has 20 heavy (non-hydrogen) atoms. The Kier molecular flexibility index (Phi) is 3.42. The lowest BCUT2D eigenvalue weighted by Gasteiger charge is -2.18. The summed E-state index contributed by atoms with van der Waals surface area (Å²) in [6.07, 6.45) is -0.199. The van der Waals surface area contributed by atoms with Gasteiger partial charge in [-0.3, -0.25) is 9.59 Å². The number of carbonyl (C=O) groups is 2. The van der Waals surface area contributed by atoms with E-state index in [9.17, 15) is 9.59 Å². The lowest BCUT2D eigenvalue weighted by molar-refractivity contribution is -0.123. The third-order valence-electron chi connectivity index (χ3n) is 3.60. The number of ether oxygens (including phenoxy) is 2. The number of benzene rings is 1. The van der Waals surface area contributed by atoms with Crippen LogP contribution in [0.15, 0.2) is 24.3 Å². The number of amides is 2. The van der Waals surface area contributed by atoms with Gasteiger partial charge >= 0.3 is 0 Å². The van der Waals surface area contributed by atoms with Gasteiger partial charge < -0.3 is 20.1 Å². The van der Waals surface area contributed by atoms with Gasteiger partial charge in [-0.15, -0.1) is 0 Å². The van der Waals surface area contributed by atoms with Gasteiger partial charge in [0.15, 0.2) is 6.29 Å².